The van der Waals surface area contributed by atoms with Gasteiger partial charge in [0.15, 0.2) is 0 Å². The maximum Gasteiger partial charge on any atom is 0.251 e. The predicted molar refractivity (Wildman–Crippen MR) is 141 cm³/mol. The second kappa shape index (κ2) is 12.0. The number of fused-ring (bicyclic) bond motifs is 1. The Morgan fingerprint density at radius 1 is 1.09 bits per heavy atom. The molecule has 0 radical (unpaired) electrons. The Bertz CT molecular complexity index is 1130. The second-order valence-corrected chi connectivity index (χ2v) is 9.35. The van der Waals surface area contributed by atoms with Crippen LogP contribution in [0.5, 0.6) is 0 Å². The van der Waals surface area contributed by atoms with E-state index < -0.39 is 0 Å². The van der Waals surface area contributed by atoms with Gasteiger partial charge in [-0.2, -0.15) is 0 Å². The molecule has 4 rings (SSSR count). The van der Waals surface area contributed by atoms with Gasteiger partial charge in [0, 0.05) is 37.2 Å². The molecule has 2 amide bonds. The van der Waals surface area contributed by atoms with Gasteiger partial charge >= 0.3 is 0 Å². The number of amides is 2. The minimum atomic E-state index is -0.335. The number of nitrogens with one attached hydrogen (secondary N) is 2. The monoisotopic (exact) mass is 472 g/mol. The smallest absolute Gasteiger partial charge is 0.251 e. The molecule has 1 heterocycles. The first-order chi connectivity index (χ1) is 17.1. The normalized spacial score (nSPS) is 19.4. The molecule has 0 bridgehead atoms. The highest BCUT2D eigenvalue weighted by molar-refractivity contribution is 5.98. The van der Waals surface area contributed by atoms with Crippen LogP contribution in [0, 0.1) is 0 Å². The van der Waals surface area contributed by atoms with E-state index in [2.05, 4.69) is 41.8 Å². The lowest BCUT2D eigenvalue weighted by Gasteiger charge is -2.28. The van der Waals surface area contributed by atoms with Crippen molar-refractivity contribution in [3.63, 3.8) is 0 Å². The molecule has 0 saturated carbocycles. The van der Waals surface area contributed by atoms with E-state index in [0.717, 1.165) is 23.6 Å². The molecule has 3 aromatic rings. The predicted octanol–water partition coefficient (Wildman–Crippen LogP) is 3.67. The molecule has 3 aromatic carbocycles. The molecule has 0 unspecified atom stereocenters. The molecule has 184 valence electrons. The SMILES string of the molecule is CC[C@H](CN1CC[C@@H](CNC(=O)c2ccc3ccccc3c2)N[C@@H](CCN)C1=O)c1ccccc1. The van der Waals surface area contributed by atoms with Crippen molar-refractivity contribution in [2.45, 2.75) is 44.2 Å². The van der Waals surface area contributed by atoms with Gasteiger partial charge in [0.25, 0.3) is 5.91 Å². The van der Waals surface area contributed by atoms with Crippen molar-refractivity contribution in [2.24, 2.45) is 5.73 Å². The molecule has 0 aromatic heterocycles. The third kappa shape index (κ3) is 6.27. The summed E-state index contributed by atoms with van der Waals surface area (Å²) in [5.74, 6) is 0.298. The molecule has 1 aliphatic rings. The van der Waals surface area contributed by atoms with Crippen molar-refractivity contribution in [1.29, 1.82) is 0 Å². The number of hydrogen-bond acceptors (Lipinski definition) is 4. The average Bonchev–Trinajstić information content (AvgIpc) is 3.04. The van der Waals surface area contributed by atoms with Crippen LogP contribution in [0.25, 0.3) is 10.8 Å². The lowest BCUT2D eigenvalue weighted by Crippen LogP contribution is -2.49. The number of rotatable bonds is 9. The molecule has 1 fully saturated rings. The van der Waals surface area contributed by atoms with E-state index in [9.17, 15) is 9.59 Å². The van der Waals surface area contributed by atoms with Crippen LogP contribution in [0.15, 0.2) is 72.8 Å². The van der Waals surface area contributed by atoms with Crippen LogP contribution >= 0.6 is 0 Å². The Morgan fingerprint density at radius 2 is 1.83 bits per heavy atom. The minimum absolute atomic E-state index is 0.00158. The first kappa shape index (κ1) is 24.9. The number of nitrogens with two attached hydrogens (primary N) is 1. The summed E-state index contributed by atoms with van der Waals surface area (Å²) in [5.41, 5.74) is 7.74. The number of carbonyl (C=O) groups excluding carboxylic acids is 2. The Morgan fingerprint density at radius 3 is 2.57 bits per heavy atom. The van der Waals surface area contributed by atoms with Crippen molar-refractivity contribution in [2.75, 3.05) is 26.2 Å². The molecule has 6 heteroatoms. The zero-order valence-corrected chi connectivity index (χ0v) is 20.5. The summed E-state index contributed by atoms with van der Waals surface area (Å²) >= 11 is 0. The van der Waals surface area contributed by atoms with Crippen molar-refractivity contribution < 1.29 is 9.59 Å². The standard InChI is InChI=1S/C29H36N4O2/c1-2-21(22-8-4-3-5-9-22)20-33-17-15-26(32-27(14-16-30)29(33)35)19-31-28(34)25-13-12-23-10-6-7-11-24(23)18-25/h3-13,18,21,26-27,32H,2,14-17,19-20,30H2,1H3,(H,31,34)/t21-,26+,27+/m1/s1. The summed E-state index contributed by atoms with van der Waals surface area (Å²) in [4.78, 5) is 28.2. The van der Waals surface area contributed by atoms with Crippen molar-refractivity contribution >= 4 is 22.6 Å². The van der Waals surface area contributed by atoms with Gasteiger partial charge in [0.05, 0.1) is 6.04 Å². The zero-order valence-electron chi connectivity index (χ0n) is 20.5. The fraction of sp³-hybridized carbons (Fsp3) is 0.379. The van der Waals surface area contributed by atoms with Gasteiger partial charge in [0.2, 0.25) is 5.91 Å². The Kier molecular flexibility index (Phi) is 8.50. The molecule has 1 saturated heterocycles. The Balaban J connectivity index is 1.40. The molecule has 3 atom stereocenters. The third-order valence-electron chi connectivity index (χ3n) is 6.97. The molecule has 0 spiro atoms. The third-order valence-corrected chi connectivity index (χ3v) is 6.97. The molecular formula is C29H36N4O2. The summed E-state index contributed by atoms with van der Waals surface area (Å²) < 4.78 is 0. The topological polar surface area (TPSA) is 87.5 Å². The molecule has 35 heavy (non-hydrogen) atoms. The van der Waals surface area contributed by atoms with Gasteiger partial charge in [-0.15, -0.1) is 0 Å². The van der Waals surface area contributed by atoms with Crippen molar-refractivity contribution in [3.05, 3.63) is 83.9 Å². The fourth-order valence-corrected chi connectivity index (χ4v) is 4.91. The van der Waals surface area contributed by atoms with Crippen LogP contribution in [-0.2, 0) is 4.79 Å². The maximum absolute atomic E-state index is 13.4. The highest BCUT2D eigenvalue weighted by Gasteiger charge is 2.31. The van der Waals surface area contributed by atoms with Crippen LogP contribution in [0.4, 0.5) is 0 Å². The highest BCUT2D eigenvalue weighted by Crippen LogP contribution is 2.22. The number of nitrogens with zero attached hydrogens (tertiary/aromatic N) is 1. The Labute approximate surface area is 207 Å². The van der Waals surface area contributed by atoms with E-state index >= 15 is 0 Å². The largest absolute Gasteiger partial charge is 0.350 e. The van der Waals surface area contributed by atoms with Gasteiger partial charge in [-0.3, -0.25) is 9.59 Å². The lowest BCUT2D eigenvalue weighted by molar-refractivity contribution is -0.133. The minimum Gasteiger partial charge on any atom is -0.350 e. The quantitative estimate of drug-likeness (QED) is 0.443. The first-order valence-electron chi connectivity index (χ1n) is 12.7. The molecular weight excluding hydrogens is 436 g/mol. The van der Waals surface area contributed by atoms with E-state index in [1.165, 1.54) is 5.56 Å². The van der Waals surface area contributed by atoms with Gasteiger partial charge in [-0.1, -0.05) is 67.6 Å². The van der Waals surface area contributed by atoms with Crippen LogP contribution in [-0.4, -0.2) is 55.0 Å². The van der Waals surface area contributed by atoms with E-state index in [4.69, 9.17) is 5.73 Å². The summed E-state index contributed by atoms with van der Waals surface area (Å²) in [6, 6.07) is 23.8. The van der Waals surface area contributed by atoms with Gasteiger partial charge < -0.3 is 21.3 Å². The number of benzene rings is 3. The molecule has 1 aliphatic heterocycles. The van der Waals surface area contributed by atoms with Gasteiger partial charge in [-0.25, -0.2) is 0 Å². The second-order valence-electron chi connectivity index (χ2n) is 9.35. The zero-order chi connectivity index (χ0) is 24.6. The summed E-state index contributed by atoms with van der Waals surface area (Å²) in [6.45, 7) is 4.42. The van der Waals surface area contributed by atoms with E-state index in [0.29, 0.717) is 44.1 Å². The summed E-state index contributed by atoms with van der Waals surface area (Å²) in [5, 5.41) is 8.70. The number of hydrogen-bond donors (Lipinski definition) is 3. The van der Waals surface area contributed by atoms with E-state index in [1.807, 2.05) is 53.4 Å². The van der Waals surface area contributed by atoms with Crippen molar-refractivity contribution in [1.82, 2.24) is 15.5 Å². The van der Waals surface area contributed by atoms with E-state index in [-0.39, 0.29) is 23.9 Å². The Hall–Kier alpha value is -3.22. The van der Waals surface area contributed by atoms with Crippen LogP contribution < -0.4 is 16.4 Å². The molecule has 6 nitrogen and oxygen atoms in total. The molecule has 0 aliphatic carbocycles. The van der Waals surface area contributed by atoms with Gasteiger partial charge in [-0.05, 0) is 54.3 Å². The fourth-order valence-electron chi connectivity index (χ4n) is 4.91. The van der Waals surface area contributed by atoms with Crippen LogP contribution in [0.3, 0.4) is 0 Å². The maximum atomic E-state index is 13.4. The summed E-state index contributed by atoms with van der Waals surface area (Å²) in [6.07, 6.45) is 2.32. The van der Waals surface area contributed by atoms with Crippen LogP contribution in [0.1, 0.15) is 48.0 Å². The highest BCUT2D eigenvalue weighted by atomic mass is 16.2. The molecule has 4 N–H and O–H groups in total. The average molecular weight is 473 g/mol. The first-order valence-corrected chi connectivity index (χ1v) is 12.7. The summed E-state index contributed by atoms with van der Waals surface area (Å²) in [7, 11) is 0. The number of carbonyl (C=O) groups is 2. The van der Waals surface area contributed by atoms with Crippen LogP contribution in [0.2, 0.25) is 0 Å². The van der Waals surface area contributed by atoms with Gasteiger partial charge in [0.1, 0.15) is 0 Å². The van der Waals surface area contributed by atoms with Crippen molar-refractivity contribution in [3.8, 4) is 0 Å². The van der Waals surface area contributed by atoms with E-state index in [1.54, 1.807) is 0 Å². The lowest BCUT2D eigenvalue weighted by atomic mass is 9.95.